The van der Waals surface area contributed by atoms with E-state index in [9.17, 15) is 8.78 Å². The Balaban J connectivity index is 1.78. The zero-order chi connectivity index (χ0) is 16.4. The summed E-state index contributed by atoms with van der Waals surface area (Å²) >= 11 is 0. The van der Waals surface area contributed by atoms with Gasteiger partial charge in [0.15, 0.2) is 0 Å². The third kappa shape index (κ3) is 3.42. The zero-order valence-corrected chi connectivity index (χ0v) is 12.2. The minimum absolute atomic E-state index is 0.0502. The summed E-state index contributed by atoms with van der Waals surface area (Å²) in [6, 6.07) is 6.80. The Labute approximate surface area is 131 Å². The first-order valence-corrected chi connectivity index (χ1v) is 6.88. The lowest BCUT2D eigenvalue weighted by Gasteiger charge is -2.12. The van der Waals surface area contributed by atoms with E-state index in [0.29, 0.717) is 0 Å². The highest BCUT2D eigenvalue weighted by molar-refractivity contribution is 5.38. The van der Waals surface area contributed by atoms with Crippen LogP contribution in [0.2, 0.25) is 0 Å². The van der Waals surface area contributed by atoms with E-state index in [-0.39, 0.29) is 23.6 Å². The van der Waals surface area contributed by atoms with Crippen molar-refractivity contribution in [3.8, 4) is 5.69 Å². The van der Waals surface area contributed by atoms with E-state index in [1.165, 1.54) is 12.1 Å². The summed E-state index contributed by atoms with van der Waals surface area (Å²) in [4.78, 5) is 7.56. The Kier molecular flexibility index (Phi) is 3.88. The number of halogens is 2. The molecule has 23 heavy (non-hydrogen) atoms. The number of nitrogens with one attached hydrogen (secondary N) is 1. The van der Waals surface area contributed by atoms with E-state index in [4.69, 9.17) is 5.73 Å². The summed E-state index contributed by atoms with van der Waals surface area (Å²) in [5, 5.41) is 7.19. The van der Waals surface area contributed by atoms with Gasteiger partial charge in [0.2, 0.25) is 11.9 Å². The lowest BCUT2D eigenvalue weighted by atomic mass is 10.2. The maximum absolute atomic E-state index is 13.2. The van der Waals surface area contributed by atoms with E-state index in [2.05, 4.69) is 20.4 Å². The second-order valence-corrected chi connectivity index (χ2v) is 5.00. The van der Waals surface area contributed by atoms with Crippen molar-refractivity contribution in [2.45, 2.75) is 13.0 Å². The summed E-state index contributed by atoms with van der Waals surface area (Å²) < 4.78 is 27.8. The molecule has 0 radical (unpaired) electrons. The van der Waals surface area contributed by atoms with Crippen molar-refractivity contribution in [3.63, 3.8) is 0 Å². The van der Waals surface area contributed by atoms with Gasteiger partial charge in [0.05, 0.1) is 17.9 Å². The van der Waals surface area contributed by atoms with E-state index in [1.54, 1.807) is 29.2 Å². The summed E-state index contributed by atoms with van der Waals surface area (Å²) in [5.74, 6) is -0.857. The van der Waals surface area contributed by atoms with Crippen molar-refractivity contribution in [1.82, 2.24) is 19.7 Å². The predicted octanol–water partition coefficient (Wildman–Crippen LogP) is 2.70. The lowest BCUT2D eigenvalue weighted by molar-refractivity contribution is 0.581. The van der Waals surface area contributed by atoms with E-state index in [0.717, 1.165) is 17.3 Å². The van der Waals surface area contributed by atoms with Crippen LogP contribution in [0.4, 0.5) is 20.5 Å². The van der Waals surface area contributed by atoms with Crippen LogP contribution < -0.4 is 11.1 Å². The van der Waals surface area contributed by atoms with Crippen LogP contribution in [0, 0.1) is 11.8 Å². The van der Waals surface area contributed by atoms with Gasteiger partial charge in [-0.05, 0) is 31.2 Å². The molecule has 3 aromatic rings. The Bertz CT molecular complexity index is 795. The van der Waals surface area contributed by atoms with Crippen molar-refractivity contribution >= 4 is 11.8 Å². The molecule has 0 saturated heterocycles. The first kappa shape index (κ1) is 14.9. The van der Waals surface area contributed by atoms with E-state index < -0.39 is 5.95 Å². The second-order valence-electron chi connectivity index (χ2n) is 5.00. The maximum atomic E-state index is 13.2. The van der Waals surface area contributed by atoms with Gasteiger partial charge in [-0.15, -0.1) is 0 Å². The summed E-state index contributed by atoms with van der Waals surface area (Å²) in [5.41, 5.74) is 7.05. The summed E-state index contributed by atoms with van der Waals surface area (Å²) in [6.45, 7) is 1.86. The molecule has 0 fully saturated rings. The number of rotatable bonds is 4. The third-order valence-corrected chi connectivity index (χ3v) is 3.25. The van der Waals surface area contributed by atoms with Crippen LogP contribution in [0.25, 0.3) is 5.69 Å². The van der Waals surface area contributed by atoms with Gasteiger partial charge in [0, 0.05) is 17.8 Å². The average molecular weight is 316 g/mol. The summed E-state index contributed by atoms with van der Waals surface area (Å²) in [6.07, 6.45) is 3.44. The number of hydrogen-bond acceptors (Lipinski definition) is 5. The Hall–Kier alpha value is -3.03. The lowest BCUT2D eigenvalue weighted by Crippen LogP contribution is -2.10. The second kappa shape index (κ2) is 5.99. The van der Waals surface area contributed by atoms with Crippen molar-refractivity contribution in [2.75, 3.05) is 11.1 Å². The van der Waals surface area contributed by atoms with Gasteiger partial charge in [-0.3, -0.25) is 0 Å². The van der Waals surface area contributed by atoms with Crippen LogP contribution in [0.15, 0.2) is 42.7 Å². The Morgan fingerprint density at radius 3 is 2.61 bits per heavy atom. The van der Waals surface area contributed by atoms with Crippen LogP contribution in [-0.2, 0) is 0 Å². The van der Waals surface area contributed by atoms with Crippen LogP contribution in [0.3, 0.4) is 0 Å². The molecule has 3 N–H and O–H groups in total. The molecule has 2 aromatic heterocycles. The van der Waals surface area contributed by atoms with Crippen molar-refractivity contribution < 1.29 is 8.78 Å². The van der Waals surface area contributed by atoms with E-state index in [1.807, 2.05) is 6.92 Å². The maximum Gasteiger partial charge on any atom is 0.227 e. The van der Waals surface area contributed by atoms with E-state index >= 15 is 0 Å². The van der Waals surface area contributed by atoms with Gasteiger partial charge in [-0.25, -0.2) is 9.07 Å². The Morgan fingerprint density at radius 2 is 1.91 bits per heavy atom. The van der Waals surface area contributed by atoms with Gasteiger partial charge < -0.3 is 11.1 Å². The predicted molar refractivity (Wildman–Crippen MR) is 82.0 cm³/mol. The van der Waals surface area contributed by atoms with Crippen LogP contribution >= 0.6 is 0 Å². The fourth-order valence-electron chi connectivity index (χ4n) is 2.07. The quantitative estimate of drug-likeness (QED) is 0.723. The fraction of sp³-hybridized carbons (Fsp3) is 0.133. The molecule has 6 nitrogen and oxygen atoms in total. The number of nitrogens with two attached hydrogens (primary N) is 1. The molecule has 0 aliphatic heterocycles. The normalized spacial score (nSPS) is 12.1. The van der Waals surface area contributed by atoms with Crippen LogP contribution in [0.1, 0.15) is 18.5 Å². The fourth-order valence-corrected chi connectivity index (χ4v) is 2.07. The number of nitrogens with zero attached hydrogens (tertiary/aromatic N) is 4. The molecule has 0 amide bonds. The molecular formula is C15H14F2N6. The standard InChI is InChI=1S/C15H14F2N6/c1-9(20-15-21-13(17)6-14(18)22-15)10-7-19-23(8-10)12-4-2-11(16)3-5-12/h2-9H,1H3,(H3,18,20,21,22)/t9-/m0/s1. The number of anilines is 2. The molecule has 0 spiro atoms. The summed E-state index contributed by atoms with van der Waals surface area (Å²) in [7, 11) is 0. The topological polar surface area (TPSA) is 81.7 Å². The molecule has 0 aliphatic carbocycles. The van der Waals surface area contributed by atoms with Gasteiger partial charge in [-0.1, -0.05) is 0 Å². The highest BCUT2D eigenvalue weighted by atomic mass is 19.1. The van der Waals surface area contributed by atoms with Crippen molar-refractivity contribution in [3.05, 3.63) is 60.1 Å². The SMILES string of the molecule is C[C@H](Nc1nc(N)cc(F)n1)c1cnn(-c2ccc(F)cc2)c1. The third-order valence-electron chi connectivity index (χ3n) is 3.25. The molecule has 3 rings (SSSR count). The molecule has 0 aliphatic rings. The van der Waals surface area contributed by atoms with Crippen LogP contribution in [-0.4, -0.2) is 19.7 Å². The number of nitrogen functional groups attached to an aromatic ring is 1. The number of benzene rings is 1. The van der Waals surface area contributed by atoms with Crippen LogP contribution in [0.5, 0.6) is 0 Å². The molecule has 1 atom stereocenters. The van der Waals surface area contributed by atoms with Gasteiger partial charge in [0.25, 0.3) is 0 Å². The minimum Gasteiger partial charge on any atom is -0.383 e. The molecule has 0 unspecified atom stereocenters. The first-order chi connectivity index (χ1) is 11.0. The molecule has 2 heterocycles. The molecule has 8 heteroatoms. The zero-order valence-electron chi connectivity index (χ0n) is 12.2. The highest BCUT2D eigenvalue weighted by Crippen LogP contribution is 2.18. The Morgan fingerprint density at radius 1 is 1.17 bits per heavy atom. The molecular weight excluding hydrogens is 302 g/mol. The number of aromatic nitrogens is 4. The minimum atomic E-state index is -0.700. The average Bonchev–Trinajstić information content (AvgIpc) is 2.97. The molecule has 0 bridgehead atoms. The van der Waals surface area contributed by atoms with Gasteiger partial charge >= 0.3 is 0 Å². The van der Waals surface area contributed by atoms with Crippen molar-refractivity contribution in [2.24, 2.45) is 0 Å². The molecule has 0 saturated carbocycles. The first-order valence-electron chi connectivity index (χ1n) is 6.88. The number of hydrogen-bond donors (Lipinski definition) is 2. The largest absolute Gasteiger partial charge is 0.383 e. The van der Waals surface area contributed by atoms with Crippen molar-refractivity contribution in [1.29, 1.82) is 0 Å². The monoisotopic (exact) mass is 316 g/mol. The smallest absolute Gasteiger partial charge is 0.227 e. The van der Waals surface area contributed by atoms with Gasteiger partial charge in [0.1, 0.15) is 11.6 Å². The molecule has 118 valence electrons. The highest BCUT2D eigenvalue weighted by Gasteiger charge is 2.11. The molecule has 1 aromatic carbocycles. The van der Waals surface area contributed by atoms with Gasteiger partial charge in [-0.2, -0.15) is 19.5 Å².